The molecule has 0 spiro atoms. The summed E-state index contributed by atoms with van der Waals surface area (Å²) in [6.45, 7) is 6.51. The molecule has 7 nitrogen and oxygen atoms in total. The highest BCUT2D eigenvalue weighted by atomic mass is 16.2. The Bertz CT molecular complexity index is 797. The lowest BCUT2D eigenvalue weighted by Crippen LogP contribution is -2.39. The number of urea groups is 1. The van der Waals surface area contributed by atoms with E-state index in [1.54, 1.807) is 19.0 Å². The van der Waals surface area contributed by atoms with Gasteiger partial charge in [0.15, 0.2) is 0 Å². The molecule has 1 atom stereocenters. The fourth-order valence-corrected chi connectivity index (χ4v) is 2.84. The third-order valence-electron chi connectivity index (χ3n) is 4.24. The van der Waals surface area contributed by atoms with E-state index < -0.39 is 0 Å². The summed E-state index contributed by atoms with van der Waals surface area (Å²) in [7, 11) is 3.50. The first kappa shape index (κ1) is 20.5. The summed E-state index contributed by atoms with van der Waals surface area (Å²) in [5, 5.41) is 10.2. The number of rotatable bonds is 7. The van der Waals surface area contributed by atoms with E-state index in [4.69, 9.17) is 0 Å². The van der Waals surface area contributed by atoms with Gasteiger partial charge in [-0.15, -0.1) is 0 Å². The average Bonchev–Trinajstić information content (AvgIpc) is 2.89. The van der Waals surface area contributed by atoms with E-state index in [2.05, 4.69) is 15.7 Å². The SMILES string of the molecule is Cc1cc(C)n(C[C@@H](C)NC(=O)Nc2cccc(CCC(=O)N(C)C)c2)n1. The summed E-state index contributed by atoms with van der Waals surface area (Å²) >= 11 is 0. The van der Waals surface area contributed by atoms with Crippen LogP contribution in [0.4, 0.5) is 10.5 Å². The zero-order valence-electron chi connectivity index (χ0n) is 16.7. The van der Waals surface area contributed by atoms with Crippen molar-refractivity contribution in [3.63, 3.8) is 0 Å². The van der Waals surface area contributed by atoms with Crippen LogP contribution in [0.1, 0.15) is 30.3 Å². The van der Waals surface area contributed by atoms with Crippen LogP contribution in [0, 0.1) is 13.8 Å². The van der Waals surface area contributed by atoms with Crippen LogP contribution in [0.25, 0.3) is 0 Å². The number of carbonyl (C=O) groups is 2. The van der Waals surface area contributed by atoms with Gasteiger partial charge in [-0.1, -0.05) is 12.1 Å². The van der Waals surface area contributed by atoms with Gasteiger partial charge in [0.25, 0.3) is 0 Å². The fourth-order valence-electron chi connectivity index (χ4n) is 2.84. The lowest BCUT2D eigenvalue weighted by Gasteiger charge is -2.16. The molecule has 2 rings (SSSR count). The standard InChI is InChI=1S/C20H29N5O2/c1-14-11-16(3)25(23-14)13-15(2)21-20(27)22-18-8-6-7-17(12-18)9-10-19(26)24(4)5/h6-8,11-12,15H,9-10,13H2,1-5H3,(H2,21,22,27)/t15-/m1/s1. The normalized spacial score (nSPS) is 11.7. The van der Waals surface area contributed by atoms with Gasteiger partial charge < -0.3 is 15.5 Å². The van der Waals surface area contributed by atoms with Crippen LogP contribution in [0.5, 0.6) is 0 Å². The quantitative estimate of drug-likeness (QED) is 0.785. The van der Waals surface area contributed by atoms with Crippen molar-refractivity contribution in [2.75, 3.05) is 19.4 Å². The Labute approximate surface area is 160 Å². The molecule has 7 heteroatoms. The molecule has 2 N–H and O–H groups in total. The van der Waals surface area contributed by atoms with Gasteiger partial charge >= 0.3 is 6.03 Å². The molecule has 27 heavy (non-hydrogen) atoms. The van der Waals surface area contributed by atoms with Crippen molar-refractivity contribution in [2.24, 2.45) is 0 Å². The molecule has 1 aromatic carbocycles. The van der Waals surface area contributed by atoms with E-state index in [1.807, 2.05) is 55.8 Å². The topological polar surface area (TPSA) is 79.3 Å². The predicted octanol–water partition coefficient (Wildman–Crippen LogP) is 2.73. The molecular weight excluding hydrogens is 342 g/mol. The van der Waals surface area contributed by atoms with Crippen molar-refractivity contribution in [2.45, 2.75) is 46.2 Å². The second-order valence-electron chi connectivity index (χ2n) is 7.10. The van der Waals surface area contributed by atoms with Crippen LogP contribution < -0.4 is 10.6 Å². The second kappa shape index (κ2) is 9.21. The molecular formula is C20H29N5O2. The Morgan fingerprint density at radius 2 is 1.96 bits per heavy atom. The number of hydrogen-bond acceptors (Lipinski definition) is 3. The highest BCUT2D eigenvalue weighted by molar-refractivity contribution is 5.89. The highest BCUT2D eigenvalue weighted by Crippen LogP contribution is 2.13. The van der Waals surface area contributed by atoms with Gasteiger partial charge in [-0.05, 0) is 51.0 Å². The molecule has 0 aliphatic heterocycles. The summed E-state index contributed by atoms with van der Waals surface area (Å²) in [5.41, 5.74) is 3.76. The van der Waals surface area contributed by atoms with Crippen LogP contribution in [-0.2, 0) is 17.8 Å². The monoisotopic (exact) mass is 371 g/mol. The lowest BCUT2D eigenvalue weighted by molar-refractivity contribution is -0.128. The minimum Gasteiger partial charge on any atom is -0.349 e. The second-order valence-corrected chi connectivity index (χ2v) is 7.10. The summed E-state index contributed by atoms with van der Waals surface area (Å²) in [5.74, 6) is 0.0871. The number of nitrogens with one attached hydrogen (secondary N) is 2. The molecule has 0 bridgehead atoms. The first-order valence-corrected chi connectivity index (χ1v) is 9.12. The van der Waals surface area contributed by atoms with Gasteiger partial charge in [0.05, 0.1) is 12.2 Å². The first-order chi connectivity index (χ1) is 12.7. The Morgan fingerprint density at radius 3 is 2.59 bits per heavy atom. The van der Waals surface area contributed by atoms with Crippen molar-refractivity contribution >= 4 is 17.6 Å². The Hall–Kier alpha value is -2.83. The maximum atomic E-state index is 12.3. The van der Waals surface area contributed by atoms with Crippen molar-refractivity contribution in [3.8, 4) is 0 Å². The molecule has 0 aliphatic carbocycles. The van der Waals surface area contributed by atoms with Gasteiger partial charge in [-0.3, -0.25) is 9.48 Å². The van der Waals surface area contributed by atoms with Crippen molar-refractivity contribution < 1.29 is 9.59 Å². The van der Waals surface area contributed by atoms with Crippen LogP contribution in [-0.4, -0.2) is 46.8 Å². The van der Waals surface area contributed by atoms with Crippen LogP contribution in [0.15, 0.2) is 30.3 Å². The number of aryl methyl sites for hydroxylation is 3. The molecule has 2 aromatic rings. The van der Waals surface area contributed by atoms with Crippen LogP contribution in [0.3, 0.4) is 0 Å². The molecule has 146 valence electrons. The zero-order chi connectivity index (χ0) is 20.0. The molecule has 0 aliphatic rings. The van der Waals surface area contributed by atoms with Gasteiger partial charge in [0.2, 0.25) is 5.91 Å². The van der Waals surface area contributed by atoms with E-state index in [0.29, 0.717) is 25.1 Å². The zero-order valence-corrected chi connectivity index (χ0v) is 16.7. The third kappa shape index (κ3) is 6.44. The minimum atomic E-state index is -0.259. The van der Waals surface area contributed by atoms with Crippen LogP contribution >= 0.6 is 0 Å². The molecule has 0 radical (unpaired) electrons. The van der Waals surface area contributed by atoms with E-state index in [9.17, 15) is 9.59 Å². The molecule has 1 aromatic heterocycles. The van der Waals surface area contributed by atoms with E-state index in [-0.39, 0.29) is 18.0 Å². The number of benzene rings is 1. The van der Waals surface area contributed by atoms with Crippen molar-refractivity contribution in [1.29, 1.82) is 0 Å². The van der Waals surface area contributed by atoms with E-state index in [1.165, 1.54) is 0 Å². The number of carbonyl (C=O) groups excluding carboxylic acids is 2. The maximum Gasteiger partial charge on any atom is 0.319 e. The molecule has 0 fully saturated rings. The Morgan fingerprint density at radius 1 is 1.22 bits per heavy atom. The minimum absolute atomic E-state index is 0.0658. The first-order valence-electron chi connectivity index (χ1n) is 9.12. The van der Waals surface area contributed by atoms with Crippen molar-refractivity contribution in [1.82, 2.24) is 20.0 Å². The summed E-state index contributed by atoms with van der Waals surface area (Å²) in [6.07, 6.45) is 1.09. The van der Waals surface area contributed by atoms with E-state index in [0.717, 1.165) is 17.0 Å². The van der Waals surface area contributed by atoms with Gasteiger partial charge in [0, 0.05) is 37.9 Å². The molecule has 0 saturated heterocycles. The Balaban J connectivity index is 1.86. The highest BCUT2D eigenvalue weighted by Gasteiger charge is 2.11. The van der Waals surface area contributed by atoms with Crippen molar-refractivity contribution in [3.05, 3.63) is 47.3 Å². The van der Waals surface area contributed by atoms with E-state index >= 15 is 0 Å². The smallest absolute Gasteiger partial charge is 0.319 e. The number of nitrogens with zero attached hydrogens (tertiary/aromatic N) is 3. The molecule has 0 saturated carbocycles. The largest absolute Gasteiger partial charge is 0.349 e. The lowest BCUT2D eigenvalue weighted by atomic mass is 10.1. The number of hydrogen-bond donors (Lipinski definition) is 2. The fraction of sp³-hybridized carbons (Fsp3) is 0.450. The summed E-state index contributed by atoms with van der Waals surface area (Å²) < 4.78 is 1.89. The van der Waals surface area contributed by atoms with Gasteiger partial charge in [0.1, 0.15) is 0 Å². The van der Waals surface area contributed by atoms with Gasteiger partial charge in [-0.25, -0.2) is 4.79 Å². The Kier molecular flexibility index (Phi) is 6.98. The average molecular weight is 371 g/mol. The number of amides is 3. The summed E-state index contributed by atoms with van der Waals surface area (Å²) in [6, 6.07) is 9.26. The number of aromatic nitrogens is 2. The number of anilines is 1. The summed E-state index contributed by atoms with van der Waals surface area (Å²) in [4.78, 5) is 25.6. The van der Waals surface area contributed by atoms with Gasteiger partial charge in [-0.2, -0.15) is 5.10 Å². The molecule has 0 unspecified atom stereocenters. The van der Waals surface area contributed by atoms with Crippen LogP contribution in [0.2, 0.25) is 0 Å². The molecule has 3 amide bonds. The third-order valence-corrected chi connectivity index (χ3v) is 4.24. The predicted molar refractivity (Wildman–Crippen MR) is 107 cm³/mol. The molecule has 1 heterocycles. The maximum absolute atomic E-state index is 12.3.